The molecule has 1 aliphatic carbocycles. The zero-order valence-electron chi connectivity index (χ0n) is 14.5. The monoisotopic (exact) mass is 294 g/mol. The highest BCUT2D eigenvalue weighted by molar-refractivity contribution is 4.74. The summed E-state index contributed by atoms with van der Waals surface area (Å²) >= 11 is 0. The topological polar surface area (TPSA) is 9.23 Å². The van der Waals surface area contributed by atoms with Crippen LogP contribution in [0.2, 0.25) is 0 Å². The molecule has 1 nitrogen and oxygen atoms in total. The summed E-state index contributed by atoms with van der Waals surface area (Å²) in [7, 11) is 0. The van der Waals surface area contributed by atoms with Gasteiger partial charge >= 0.3 is 0 Å². The van der Waals surface area contributed by atoms with E-state index in [2.05, 4.69) is 13.5 Å². The van der Waals surface area contributed by atoms with E-state index >= 15 is 0 Å². The van der Waals surface area contributed by atoms with Gasteiger partial charge in [0.05, 0.1) is 12.4 Å². The molecule has 0 amide bonds. The van der Waals surface area contributed by atoms with Crippen molar-refractivity contribution in [1.82, 2.24) is 0 Å². The molecule has 0 aliphatic heterocycles. The molecule has 0 heterocycles. The van der Waals surface area contributed by atoms with Gasteiger partial charge in [-0.1, -0.05) is 84.1 Å². The van der Waals surface area contributed by atoms with E-state index in [4.69, 9.17) is 4.74 Å². The van der Waals surface area contributed by atoms with E-state index in [0.29, 0.717) is 6.10 Å². The van der Waals surface area contributed by atoms with Crippen molar-refractivity contribution in [3.8, 4) is 0 Å². The van der Waals surface area contributed by atoms with Crippen molar-refractivity contribution >= 4 is 0 Å². The maximum absolute atomic E-state index is 5.50. The van der Waals surface area contributed by atoms with Gasteiger partial charge in [-0.25, -0.2) is 0 Å². The highest BCUT2D eigenvalue weighted by atomic mass is 16.5. The first-order valence-corrected chi connectivity index (χ1v) is 9.63. The Balaban J connectivity index is 1.81. The third kappa shape index (κ3) is 9.98. The third-order valence-electron chi connectivity index (χ3n) is 5.05. The number of unbranched alkanes of at least 4 members (excludes halogenated alkanes) is 9. The van der Waals surface area contributed by atoms with E-state index in [0.717, 1.165) is 5.92 Å². The molecule has 0 unspecified atom stereocenters. The minimum atomic E-state index is 0.464. The van der Waals surface area contributed by atoms with Crippen LogP contribution in [0.15, 0.2) is 12.8 Å². The van der Waals surface area contributed by atoms with Crippen molar-refractivity contribution < 1.29 is 4.74 Å². The maximum atomic E-state index is 5.50. The lowest BCUT2D eigenvalue weighted by molar-refractivity contribution is 0.0865. The smallest absolute Gasteiger partial charge is 0.0978 e. The molecule has 0 saturated heterocycles. The summed E-state index contributed by atoms with van der Waals surface area (Å²) in [5, 5.41) is 0. The first kappa shape index (κ1) is 18.6. The molecule has 0 aromatic heterocycles. The fraction of sp³-hybridized carbons (Fsp3) is 0.900. The number of hydrogen-bond acceptors (Lipinski definition) is 1. The summed E-state index contributed by atoms with van der Waals surface area (Å²) in [5.74, 6) is 0.976. The summed E-state index contributed by atoms with van der Waals surface area (Å²) in [6.45, 7) is 5.95. The molecule has 0 spiro atoms. The van der Waals surface area contributed by atoms with Crippen LogP contribution in [0.1, 0.15) is 103 Å². The average molecular weight is 295 g/mol. The van der Waals surface area contributed by atoms with E-state index in [1.54, 1.807) is 6.26 Å². The standard InChI is InChI=1S/C20H38O/c1-3-5-6-7-8-9-10-11-12-13-14-19-15-17-20(18-16-19)21-4-2/h4,19-20H,2-3,5-18H2,1H3. The van der Waals surface area contributed by atoms with Gasteiger partial charge in [0.1, 0.15) is 0 Å². The molecule has 0 aromatic carbocycles. The summed E-state index contributed by atoms with van der Waals surface area (Å²) < 4.78 is 5.50. The summed E-state index contributed by atoms with van der Waals surface area (Å²) in [4.78, 5) is 0. The Hall–Kier alpha value is -0.460. The van der Waals surface area contributed by atoms with Crippen molar-refractivity contribution in [2.45, 2.75) is 109 Å². The summed E-state index contributed by atoms with van der Waals surface area (Å²) in [6.07, 6.45) is 23.2. The first-order chi connectivity index (χ1) is 10.4. The predicted octanol–water partition coefficient (Wildman–Crippen LogP) is 7.02. The Morgan fingerprint density at radius 2 is 1.33 bits per heavy atom. The van der Waals surface area contributed by atoms with Crippen LogP contribution in [0, 0.1) is 5.92 Å². The van der Waals surface area contributed by atoms with Gasteiger partial charge in [0.25, 0.3) is 0 Å². The Morgan fingerprint density at radius 1 is 0.810 bits per heavy atom. The molecule has 1 fully saturated rings. The average Bonchev–Trinajstić information content (AvgIpc) is 2.51. The third-order valence-corrected chi connectivity index (χ3v) is 5.05. The lowest BCUT2D eigenvalue weighted by Gasteiger charge is -2.27. The normalized spacial score (nSPS) is 22.1. The summed E-state index contributed by atoms with van der Waals surface area (Å²) in [6, 6.07) is 0. The van der Waals surface area contributed by atoms with E-state index in [1.165, 1.54) is 96.3 Å². The molecule has 1 saturated carbocycles. The van der Waals surface area contributed by atoms with Gasteiger partial charge in [0.15, 0.2) is 0 Å². The molecule has 1 aliphatic rings. The number of rotatable bonds is 13. The van der Waals surface area contributed by atoms with Gasteiger partial charge < -0.3 is 4.74 Å². The molecular weight excluding hydrogens is 256 g/mol. The molecule has 0 radical (unpaired) electrons. The van der Waals surface area contributed by atoms with Gasteiger partial charge in [0.2, 0.25) is 0 Å². The Bertz CT molecular complexity index is 228. The summed E-state index contributed by atoms with van der Waals surface area (Å²) in [5.41, 5.74) is 0. The van der Waals surface area contributed by atoms with Crippen LogP contribution in [-0.4, -0.2) is 6.10 Å². The maximum Gasteiger partial charge on any atom is 0.0978 e. The largest absolute Gasteiger partial charge is 0.499 e. The molecule has 1 heteroatoms. The second kappa shape index (κ2) is 13.2. The predicted molar refractivity (Wildman–Crippen MR) is 93.5 cm³/mol. The molecular formula is C20H38O. The van der Waals surface area contributed by atoms with Crippen LogP contribution in [0.3, 0.4) is 0 Å². The second-order valence-corrected chi connectivity index (χ2v) is 6.92. The van der Waals surface area contributed by atoms with Crippen LogP contribution in [-0.2, 0) is 4.74 Å². The zero-order valence-corrected chi connectivity index (χ0v) is 14.5. The highest BCUT2D eigenvalue weighted by Gasteiger charge is 2.20. The molecule has 0 atom stereocenters. The molecule has 0 bridgehead atoms. The molecule has 21 heavy (non-hydrogen) atoms. The molecule has 1 rings (SSSR count). The first-order valence-electron chi connectivity index (χ1n) is 9.63. The van der Waals surface area contributed by atoms with Crippen molar-refractivity contribution in [3.63, 3.8) is 0 Å². The van der Waals surface area contributed by atoms with Crippen molar-refractivity contribution in [1.29, 1.82) is 0 Å². The van der Waals surface area contributed by atoms with Crippen molar-refractivity contribution in [2.24, 2.45) is 5.92 Å². The van der Waals surface area contributed by atoms with Crippen molar-refractivity contribution in [3.05, 3.63) is 12.8 Å². The number of hydrogen-bond donors (Lipinski definition) is 0. The minimum Gasteiger partial charge on any atom is -0.499 e. The van der Waals surface area contributed by atoms with Gasteiger partial charge in [-0.3, -0.25) is 0 Å². The van der Waals surface area contributed by atoms with E-state index < -0.39 is 0 Å². The minimum absolute atomic E-state index is 0.464. The van der Waals surface area contributed by atoms with Gasteiger partial charge in [-0.05, 0) is 31.6 Å². The van der Waals surface area contributed by atoms with Gasteiger partial charge in [-0.15, -0.1) is 0 Å². The SMILES string of the molecule is C=COC1CCC(CCCCCCCCCCCC)CC1. The highest BCUT2D eigenvalue weighted by Crippen LogP contribution is 2.30. The zero-order chi connectivity index (χ0) is 15.2. The van der Waals surface area contributed by atoms with Crippen LogP contribution in [0.5, 0.6) is 0 Å². The van der Waals surface area contributed by atoms with Gasteiger partial charge in [0, 0.05) is 0 Å². The lowest BCUT2D eigenvalue weighted by Crippen LogP contribution is -2.19. The van der Waals surface area contributed by atoms with E-state index in [-0.39, 0.29) is 0 Å². The van der Waals surface area contributed by atoms with E-state index in [9.17, 15) is 0 Å². The Morgan fingerprint density at radius 3 is 1.86 bits per heavy atom. The Labute approximate surface area is 133 Å². The molecule has 0 aromatic rings. The second-order valence-electron chi connectivity index (χ2n) is 6.92. The molecule has 0 N–H and O–H groups in total. The van der Waals surface area contributed by atoms with Crippen LogP contribution >= 0.6 is 0 Å². The molecule has 124 valence electrons. The quantitative estimate of drug-likeness (QED) is 0.262. The lowest BCUT2D eigenvalue weighted by atomic mass is 9.84. The van der Waals surface area contributed by atoms with Gasteiger partial charge in [-0.2, -0.15) is 0 Å². The Kier molecular flexibility index (Phi) is 11.7. The van der Waals surface area contributed by atoms with Crippen LogP contribution in [0.4, 0.5) is 0 Å². The van der Waals surface area contributed by atoms with Crippen LogP contribution < -0.4 is 0 Å². The van der Waals surface area contributed by atoms with Crippen LogP contribution in [0.25, 0.3) is 0 Å². The number of ether oxygens (including phenoxy) is 1. The fourth-order valence-corrected chi connectivity index (χ4v) is 3.61. The fourth-order valence-electron chi connectivity index (χ4n) is 3.61. The van der Waals surface area contributed by atoms with E-state index in [1.807, 2.05) is 0 Å². The van der Waals surface area contributed by atoms with Crippen molar-refractivity contribution in [2.75, 3.05) is 0 Å².